The first-order valence-electron chi connectivity index (χ1n) is 10.5. The molecule has 2 atom stereocenters. The quantitative estimate of drug-likeness (QED) is 0.343. The molecule has 0 spiro atoms. The van der Waals surface area contributed by atoms with Gasteiger partial charge in [-0.05, 0) is 30.9 Å². The Balaban J connectivity index is 1.43. The predicted molar refractivity (Wildman–Crippen MR) is 116 cm³/mol. The Kier molecular flexibility index (Phi) is 6.29. The third-order valence-corrected chi connectivity index (χ3v) is 7.56. The molecule has 0 aliphatic carbocycles. The van der Waals surface area contributed by atoms with Crippen LogP contribution in [0.25, 0.3) is 0 Å². The van der Waals surface area contributed by atoms with Gasteiger partial charge in [0.1, 0.15) is 23.7 Å². The van der Waals surface area contributed by atoms with Crippen molar-refractivity contribution in [2.45, 2.75) is 36.7 Å². The maximum absolute atomic E-state index is 13.1. The molecule has 11 heteroatoms. The zero-order valence-corrected chi connectivity index (χ0v) is 18.4. The Morgan fingerprint density at radius 1 is 1.25 bits per heavy atom. The van der Waals surface area contributed by atoms with Crippen molar-refractivity contribution < 1.29 is 29.0 Å². The van der Waals surface area contributed by atoms with E-state index in [1.165, 1.54) is 22.7 Å². The number of β-lactam (4-membered cyclic amide) rings is 1. The van der Waals surface area contributed by atoms with Crippen molar-refractivity contribution in [3.05, 3.63) is 35.6 Å². The SMILES string of the molecule is C=CCOC(=O)N1CCC(N2CC/C(=C\C3=C(C(=O)O)N4C(=O)[C@@H](N)[C@H]4SC3)C2=O)CC1. The van der Waals surface area contributed by atoms with Crippen LogP contribution in [-0.2, 0) is 19.1 Å². The number of amides is 3. The van der Waals surface area contributed by atoms with Crippen LogP contribution in [0.15, 0.2) is 35.6 Å². The molecule has 0 unspecified atom stereocenters. The van der Waals surface area contributed by atoms with Gasteiger partial charge >= 0.3 is 12.1 Å². The second kappa shape index (κ2) is 8.99. The number of thioether (sulfide) groups is 1. The number of rotatable bonds is 5. The number of nitrogens with two attached hydrogens (primary N) is 1. The van der Waals surface area contributed by atoms with Gasteiger partial charge in [-0.2, -0.15) is 0 Å². The molecule has 3 amide bonds. The summed E-state index contributed by atoms with van der Waals surface area (Å²) in [5.41, 5.74) is 6.71. The van der Waals surface area contributed by atoms with Crippen LogP contribution in [0.2, 0.25) is 0 Å². The fourth-order valence-corrected chi connectivity index (χ4v) is 5.81. The lowest BCUT2D eigenvalue weighted by atomic mass is 10.0. The highest BCUT2D eigenvalue weighted by Gasteiger charge is 2.51. The predicted octanol–water partition coefficient (Wildman–Crippen LogP) is 0.513. The van der Waals surface area contributed by atoms with Gasteiger partial charge in [0, 0.05) is 37.0 Å². The number of hydrogen-bond donors (Lipinski definition) is 2. The van der Waals surface area contributed by atoms with Crippen LogP contribution < -0.4 is 5.73 Å². The summed E-state index contributed by atoms with van der Waals surface area (Å²) >= 11 is 1.41. The van der Waals surface area contributed by atoms with Crippen molar-refractivity contribution >= 4 is 35.6 Å². The van der Waals surface area contributed by atoms with E-state index in [0.29, 0.717) is 55.8 Å². The number of carbonyl (C=O) groups is 4. The van der Waals surface area contributed by atoms with Gasteiger partial charge in [0.2, 0.25) is 11.8 Å². The fraction of sp³-hybridized carbons (Fsp3) is 0.524. The summed E-state index contributed by atoms with van der Waals surface area (Å²) in [6.07, 6.45) is 4.60. The molecule has 3 N–H and O–H groups in total. The van der Waals surface area contributed by atoms with Crippen LogP contribution in [0.3, 0.4) is 0 Å². The smallest absolute Gasteiger partial charge is 0.410 e. The lowest BCUT2D eigenvalue weighted by Crippen LogP contribution is -2.68. The van der Waals surface area contributed by atoms with Crippen LogP contribution in [0, 0.1) is 0 Å². The molecule has 32 heavy (non-hydrogen) atoms. The molecule has 0 radical (unpaired) electrons. The molecular formula is C21H26N4O6S. The second-order valence-corrected chi connectivity index (χ2v) is 9.22. The number of nitrogens with zero attached hydrogens (tertiary/aromatic N) is 3. The molecule has 0 saturated carbocycles. The number of allylic oxidation sites excluding steroid dienone is 1. The van der Waals surface area contributed by atoms with E-state index < -0.39 is 17.9 Å². The highest BCUT2D eigenvalue weighted by atomic mass is 32.2. The van der Waals surface area contributed by atoms with Crippen molar-refractivity contribution in [2.24, 2.45) is 5.73 Å². The molecule has 3 saturated heterocycles. The number of ether oxygens (including phenoxy) is 1. The number of fused-ring (bicyclic) bond motifs is 1. The molecule has 0 aromatic heterocycles. The first kappa shape index (κ1) is 22.4. The molecule has 0 bridgehead atoms. The first-order valence-corrected chi connectivity index (χ1v) is 11.6. The number of carboxylic acid groups (broad SMARTS) is 1. The Hall–Kier alpha value is -2.79. The Bertz CT molecular complexity index is 923. The van der Waals surface area contributed by atoms with E-state index in [1.54, 1.807) is 11.0 Å². The van der Waals surface area contributed by atoms with E-state index in [2.05, 4.69) is 6.58 Å². The van der Waals surface area contributed by atoms with Gasteiger partial charge in [-0.1, -0.05) is 12.7 Å². The van der Waals surface area contributed by atoms with Crippen molar-refractivity contribution in [2.75, 3.05) is 32.0 Å². The second-order valence-electron chi connectivity index (χ2n) is 8.12. The Morgan fingerprint density at radius 3 is 2.62 bits per heavy atom. The molecule has 4 rings (SSSR count). The minimum atomic E-state index is -1.19. The number of likely N-dealkylation sites (tertiary alicyclic amines) is 2. The number of hydrogen-bond acceptors (Lipinski definition) is 7. The summed E-state index contributed by atoms with van der Waals surface area (Å²) in [5, 5.41) is 9.31. The molecular weight excluding hydrogens is 436 g/mol. The molecule has 0 aromatic rings. The van der Waals surface area contributed by atoms with Crippen molar-refractivity contribution in [3.63, 3.8) is 0 Å². The van der Waals surface area contributed by atoms with E-state index in [0.717, 1.165) is 0 Å². The van der Waals surface area contributed by atoms with Gasteiger partial charge in [0.25, 0.3) is 0 Å². The van der Waals surface area contributed by atoms with E-state index in [1.807, 2.05) is 4.90 Å². The molecule has 10 nitrogen and oxygen atoms in total. The van der Waals surface area contributed by atoms with E-state index in [4.69, 9.17) is 10.5 Å². The molecule has 4 aliphatic rings. The van der Waals surface area contributed by atoms with Crippen LogP contribution >= 0.6 is 11.8 Å². The lowest BCUT2D eigenvalue weighted by molar-refractivity contribution is -0.147. The van der Waals surface area contributed by atoms with Crippen molar-refractivity contribution in [3.8, 4) is 0 Å². The van der Waals surface area contributed by atoms with Gasteiger partial charge in [0.15, 0.2) is 0 Å². The number of carbonyl (C=O) groups excluding carboxylic acids is 3. The third kappa shape index (κ3) is 3.90. The Labute approximate surface area is 189 Å². The number of aliphatic carboxylic acids is 1. The molecule has 4 aliphatic heterocycles. The van der Waals surface area contributed by atoms with E-state index >= 15 is 0 Å². The van der Waals surface area contributed by atoms with Crippen LogP contribution in [0.4, 0.5) is 4.79 Å². The van der Waals surface area contributed by atoms with E-state index in [9.17, 15) is 24.3 Å². The average molecular weight is 463 g/mol. The lowest BCUT2D eigenvalue weighted by Gasteiger charge is -2.47. The van der Waals surface area contributed by atoms with Gasteiger partial charge in [-0.3, -0.25) is 14.5 Å². The first-order chi connectivity index (χ1) is 15.3. The van der Waals surface area contributed by atoms with Gasteiger partial charge in [-0.25, -0.2) is 9.59 Å². The summed E-state index contributed by atoms with van der Waals surface area (Å²) in [5.74, 6) is -1.34. The summed E-state index contributed by atoms with van der Waals surface area (Å²) in [7, 11) is 0. The van der Waals surface area contributed by atoms with Crippen LogP contribution in [-0.4, -0.2) is 93.1 Å². The van der Waals surface area contributed by atoms with E-state index in [-0.39, 0.29) is 35.7 Å². The summed E-state index contributed by atoms with van der Waals surface area (Å²) in [6, 6.07) is -0.670. The monoisotopic (exact) mass is 462 g/mol. The van der Waals surface area contributed by atoms with Crippen molar-refractivity contribution in [1.82, 2.24) is 14.7 Å². The maximum Gasteiger partial charge on any atom is 0.410 e. The zero-order chi connectivity index (χ0) is 23.0. The minimum Gasteiger partial charge on any atom is -0.477 e. The maximum atomic E-state index is 13.1. The summed E-state index contributed by atoms with van der Waals surface area (Å²) < 4.78 is 5.07. The zero-order valence-electron chi connectivity index (χ0n) is 17.6. The van der Waals surface area contributed by atoms with Gasteiger partial charge < -0.3 is 25.4 Å². The topological polar surface area (TPSA) is 133 Å². The average Bonchev–Trinajstić information content (AvgIpc) is 3.16. The highest BCUT2D eigenvalue weighted by molar-refractivity contribution is 8.00. The highest BCUT2D eigenvalue weighted by Crippen LogP contribution is 2.40. The van der Waals surface area contributed by atoms with Crippen molar-refractivity contribution in [1.29, 1.82) is 0 Å². The molecule has 4 heterocycles. The fourth-order valence-electron chi connectivity index (χ4n) is 4.56. The molecule has 3 fully saturated rings. The summed E-state index contributed by atoms with van der Waals surface area (Å²) in [4.78, 5) is 53.7. The van der Waals surface area contributed by atoms with Crippen LogP contribution in [0.1, 0.15) is 19.3 Å². The largest absolute Gasteiger partial charge is 0.477 e. The number of piperidine rings is 1. The summed E-state index contributed by atoms with van der Waals surface area (Å²) in [6.45, 7) is 5.26. The van der Waals surface area contributed by atoms with Gasteiger partial charge in [0.05, 0.1) is 0 Å². The van der Waals surface area contributed by atoms with Gasteiger partial charge in [-0.15, -0.1) is 11.8 Å². The molecule has 0 aromatic carbocycles. The standard InChI is InChI=1S/C21H26N4O6S/c1-2-9-31-21(30)23-6-4-14(5-7-23)24-8-3-12(17(24)26)10-13-11-32-19-15(22)18(27)25(19)16(13)20(28)29/h2,10,14-15,19H,1,3-9,11,22H2,(H,28,29)/b12-10+/t15-,19-/m1/s1. The minimum absolute atomic E-state index is 0.0184. The number of carboxylic acids is 1. The third-order valence-electron chi connectivity index (χ3n) is 6.24. The Morgan fingerprint density at radius 2 is 1.97 bits per heavy atom. The normalized spacial score (nSPS) is 27.5. The molecule has 172 valence electrons. The van der Waals surface area contributed by atoms with Crippen LogP contribution in [0.5, 0.6) is 0 Å².